The number of carbonyl (C=O) groups excluding carboxylic acids is 2. The van der Waals surface area contributed by atoms with Gasteiger partial charge in [0.15, 0.2) is 0 Å². The molecule has 146 valence electrons. The van der Waals surface area contributed by atoms with E-state index in [-0.39, 0.29) is 11.8 Å². The maximum absolute atomic E-state index is 12.6. The molecule has 2 aliphatic heterocycles. The zero-order valence-electron chi connectivity index (χ0n) is 15.6. The average Bonchev–Trinajstić information content (AvgIpc) is 3.02. The molecule has 2 bridgehead atoms. The van der Waals surface area contributed by atoms with Gasteiger partial charge in [0.2, 0.25) is 5.91 Å². The molecule has 0 radical (unpaired) electrons. The van der Waals surface area contributed by atoms with E-state index < -0.39 is 0 Å². The smallest absolute Gasteiger partial charge is 0.257 e. The maximum atomic E-state index is 12.6. The van der Waals surface area contributed by atoms with Crippen molar-refractivity contribution in [3.05, 3.63) is 59.1 Å². The van der Waals surface area contributed by atoms with Crippen molar-refractivity contribution in [1.29, 1.82) is 0 Å². The maximum Gasteiger partial charge on any atom is 0.257 e. The predicted molar refractivity (Wildman–Crippen MR) is 112 cm³/mol. The molecule has 2 fully saturated rings. The molecule has 5 nitrogen and oxygen atoms in total. The Bertz CT molecular complexity index is 859. The molecule has 2 aliphatic rings. The Kier molecular flexibility index (Phi) is 5.64. The van der Waals surface area contributed by atoms with Gasteiger partial charge in [0.25, 0.3) is 5.91 Å². The summed E-state index contributed by atoms with van der Waals surface area (Å²) < 4.78 is 0. The second-order valence-corrected chi connectivity index (χ2v) is 8.15. The summed E-state index contributed by atoms with van der Waals surface area (Å²) in [5.41, 5.74) is 1.62. The largest absolute Gasteiger partial charge is 0.326 e. The van der Waals surface area contributed by atoms with Crippen LogP contribution in [0.4, 0.5) is 11.4 Å². The first-order valence-corrected chi connectivity index (χ1v) is 10.2. The van der Waals surface area contributed by atoms with Crippen LogP contribution >= 0.6 is 11.6 Å². The van der Waals surface area contributed by atoms with Crippen LogP contribution in [0.25, 0.3) is 0 Å². The minimum absolute atomic E-state index is 0.0111. The highest BCUT2D eigenvalue weighted by Crippen LogP contribution is 2.33. The van der Waals surface area contributed by atoms with Crippen LogP contribution < -0.4 is 16.0 Å². The molecule has 4 rings (SSSR count). The number of carbonyl (C=O) groups is 2. The minimum atomic E-state index is -0.303. The molecule has 3 N–H and O–H groups in total. The Morgan fingerprint density at radius 1 is 0.964 bits per heavy atom. The van der Waals surface area contributed by atoms with E-state index in [0.29, 0.717) is 46.4 Å². The molecule has 0 spiro atoms. The van der Waals surface area contributed by atoms with Crippen molar-refractivity contribution in [3.63, 3.8) is 0 Å². The summed E-state index contributed by atoms with van der Waals surface area (Å²) in [5, 5.41) is 9.69. The van der Waals surface area contributed by atoms with Crippen molar-refractivity contribution in [2.45, 2.75) is 44.2 Å². The molecular weight excluding hydrogens is 374 g/mol. The zero-order chi connectivity index (χ0) is 19.5. The van der Waals surface area contributed by atoms with Gasteiger partial charge in [-0.3, -0.25) is 9.59 Å². The number of para-hydroxylation sites is 1. The van der Waals surface area contributed by atoms with Crippen LogP contribution in [0.5, 0.6) is 0 Å². The second kappa shape index (κ2) is 8.33. The molecular formula is C22H24ClN3O2. The first-order chi connectivity index (χ1) is 13.6. The number of fused-ring (bicyclic) bond motifs is 2. The molecule has 2 unspecified atom stereocenters. The molecule has 28 heavy (non-hydrogen) atoms. The van der Waals surface area contributed by atoms with Crippen LogP contribution in [-0.4, -0.2) is 23.9 Å². The highest BCUT2D eigenvalue weighted by atomic mass is 35.5. The second-order valence-electron chi connectivity index (χ2n) is 7.74. The van der Waals surface area contributed by atoms with Gasteiger partial charge >= 0.3 is 0 Å². The number of halogens is 1. The number of hydrogen-bond acceptors (Lipinski definition) is 3. The van der Waals surface area contributed by atoms with E-state index in [1.165, 1.54) is 12.8 Å². The van der Waals surface area contributed by atoms with Gasteiger partial charge in [0.1, 0.15) is 0 Å². The summed E-state index contributed by atoms with van der Waals surface area (Å²) >= 11 is 6.21. The molecule has 2 saturated heterocycles. The number of hydrogen-bond donors (Lipinski definition) is 3. The third-order valence-corrected chi connectivity index (χ3v) is 5.90. The molecule has 0 aromatic heterocycles. The fourth-order valence-electron chi connectivity index (χ4n) is 4.31. The molecule has 0 saturated carbocycles. The van der Waals surface area contributed by atoms with Gasteiger partial charge in [-0.15, -0.1) is 0 Å². The van der Waals surface area contributed by atoms with E-state index in [0.717, 1.165) is 12.8 Å². The van der Waals surface area contributed by atoms with E-state index in [4.69, 9.17) is 11.6 Å². The quantitative estimate of drug-likeness (QED) is 0.698. The zero-order valence-corrected chi connectivity index (χ0v) is 16.3. The third-order valence-electron chi connectivity index (χ3n) is 5.57. The highest BCUT2D eigenvalue weighted by Gasteiger charge is 2.34. The van der Waals surface area contributed by atoms with Crippen molar-refractivity contribution in [2.75, 3.05) is 10.6 Å². The lowest BCUT2D eigenvalue weighted by molar-refractivity contribution is -0.117. The summed E-state index contributed by atoms with van der Waals surface area (Å²) in [6, 6.07) is 15.3. The first kappa shape index (κ1) is 19.0. The van der Waals surface area contributed by atoms with Crippen LogP contribution in [0.15, 0.2) is 48.5 Å². The van der Waals surface area contributed by atoms with Crippen molar-refractivity contribution in [2.24, 2.45) is 5.92 Å². The lowest BCUT2D eigenvalue weighted by atomic mass is 9.89. The summed E-state index contributed by atoms with van der Waals surface area (Å²) in [6.07, 6.45) is 5.09. The topological polar surface area (TPSA) is 70.2 Å². The predicted octanol–water partition coefficient (Wildman–Crippen LogP) is 4.45. The van der Waals surface area contributed by atoms with Crippen molar-refractivity contribution in [3.8, 4) is 0 Å². The summed E-state index contributed by atoms with van der Waals surface area (Å²) in [6.45, 7) is 0. The van der Waals surface area contributed by atoms with E-state index in [1.54, 1.807) is 18.2 Å². The Balaban J connectivity index is 1.39. The number of anilines is 2. The monoisotopic (exact) mass is 397 g/mol. The Hall–Kier alpha value is -2.37. The third kappa shape index (κ3) is 4.54. The van der Waals surface area contributed by atoms with E-state index in [9.17, 15) is 9.59 Å². The van der Waals surface area contributed by atoms with Gasteiger partial charge in [0.05, 0.1) is 10.6 Å². The van der Waals surface area contributed by atoms with Crippen molar-refractivity contribution < 1.29 is 9.59 Å². The molecule has 2 aromatic carbocycles. The molecule has 2 heterocycles. The van der Waals surface area contributed by atoms with Crippen LogP contribution in [0, 0.1) is 5.92 Å². The van der Waals surface area contributed by atoms with Crippen LogP contribution in [-0.2, 0) is 4.79 Å². The fourth-order valence-corrected chi connectivity index (χ4v) is 4.52. The number of nitrogens with one attached hydrogen (secondary N) is 3. The van der Waals surface area contributed by atoms with Gasteiger partial charge in [-0.2, -0.15) is 0 Å². The Morgan fingerprint density at radius 3 is 2.39 bits per heavy atom. The van der Waals surface area contributed by atoms with Gasteiger partial charge < -0.3 is 16.0 Å². The van der Waals surface area contributed by atoms with Gasteiger partial charge in [0, 0.05) is 29.9 Å². The Morgan fingerprint density at radius 2 is 1.68 bits per heavy atom. The number of amides is 2. The molecule has 2 aromatic rings. The van der Waals surface area contributed by atoms with Gasteiger partial charge in [-0.25, -0.2) is 0 Å². The normalized spacial score (nSPS) is 23.2. The lowest BCUT2D eigenvalue weighted by Crippen LogP contribution is -2.39. The summed E-state index contributed by atoms with van der Waals surface area (Å²) in [4.78, 5) is 25.1. The first-order valence-electron chi connectivity index (χ1n) is 9.78. The lowest BCUT2D eigenvalue weighted by Gasteiger charge is -2.28. The van der Waals surface area contributed by atoms with Crippen molar-refractivity contribution in [1.82, 2.24) is 5.32 Å². The van der Waals surface area contributed by atoms with E-state index >= 15 is 0 Å². The van der Waals surface area contributed by atoms with Gasteiger partial charge in [-0.05, 0) is 61.9 Å². The molecule has 0 aliphatic carbocycles. The summed E-state index contributed by atoms with van der Waals surface area (Å²) in [7, 11) is 0. The van der Waals surface area contributed by atoms with Crippen LogP contribution in [0.2, 0.25) is 5.02 Å². The average molecular weight is 398 g/mol. The summed E-state index contributed by atoms with van der Waals surface area (Å²) in [5.74, 6) is 0.108. The molecule has 2 amide bonds. The van der Waals surface area contributed by atoms with Gasteiger partial charge in [-0.1, -0.05) is 29.8 Å². The van der Waals surface area contributed by atoms with Crippen molar-refractivity contribution >= 4 is 34.8 Å². The highest BCUT2D eigenvalue weighted by molar-refractivity contribution is 6.34. The number of piperidine rings is 1. The van der Waals surface area contributed by atoms with Crippen LogP contribution in [0.3, 0.4) is 0 Å². The Labute approximate surface area is 169 Å². The molecule has 6 heteroatoms. The SMILES string of the molecule is O=C(CC1CC2CCC(C1)N2)Nc1ccc(Cl)c(C(=O)Nc2ccccc2)c1. The van der Waals surface area contributed by atoms with E-state index in [1.807, 2.05) is 30.3 Å². The number of benzene rings is 2. The fraction of sp³-hybridized carbons (Fsp3) is 0.364. The standard InChI is InChI=1S/C22H24ClN3O2/c23-20-9-8-18(13-19(20)22(28)26-15-4-2-1-3-5-15)25-21(27)12-14-10-16-6-7-17(11-14)24-16/h1-5,8-9,13-14,16-17,24H,6-7,10-12H2,(H,25,27)(H,26,28). The number of rotatable bonds is 5. The van der Waals surface area contributed by atoms with Crippen LogP contribution in [0.1, 0.15) is 42.5 Å². The molecule has 2 atom stereocenters. The van der Waals surface area contributed by atoms with E-state index in [2.05, 4.69) is 16.0 Å². The minimum Gasteiger partial charge on any atom is -0.326 e.